The van der Waals surface area contributed by atoms with Crippen LogP contribution in [0.1, 0.15) is 22.6 Å². The number of nitrogens with one attached hydrogen (secondary N) is 1. The number of ether oxygens (including phenoxy) is 2. The molecule has 0 atom stereocenters. The van der Waals surface area contributed by atoms with E-state index >= 15 is 0 Å². The average Bonchev–Trinajstić information content (AvgIpc) is 3.10. The highest BCUT2D eigenvalue weighted by molar-refractivity contribution is 5.79. The number of alkyl carbamates (subject to hydrolysis) is 1. The van der Waals surface area contributed by atoms with Crippen LogP contribution in [0.15, 0.2) is 72.8 Å². The molecule has 1 aliphatic carbocycles. The minimum atomic E-state index is -0.474. The van der Waals surface area contributed by atoms with Gasteiger partial charge in [0.15, 0.2) is 11.6 Å². The highest BCUT2D eigenvalue weighted by Gasteiger charge is 2.28. The van der Waals surface area contributed by atoms with Gasteiger partial charge in [-0.3, -0.25) is 0 Å². The molecule has 0 radical (unpaired) electrons. The Bertz CT molecular complexity index is 1050. The molecule has 1 aliphatic rings. The second-order valence-electron chi connectivity index (χ2n) is 7.00. The van der Waals surface area contributed by atoms with Crippen molar-refractivity contribution in [1.29, 1.82) is 0 Å². The van der Waals surface area contributed by atoms with Crippen LogP contribution in [0.3, 0.4) is 0 Å². The van der Waals surface area contributed by atoms with E-state index in [2.05, 4.69) is 29.6 Å². The lowest BCUT2D eigenvalue weighted by Gasteiger charge is -2.14. The third kappa shape index (κ3) is 4.06. The summed E-state index contributed by atoms with van der Waals surface area (Å²) in [5, 5.41) is 2.71. The molecule has 1 N–H and O–H groups in total. The van der Waals surface area contributed by atoms with Crippen LogP contribution in [-0.4, -0.2) is 26.4 Å². The lowest BCUT2D eigenvalue weighted by molar-refractivity contribution is 0.144. The molecule has 5 heteroatoms. The maximum atomic E-state index is 13.4. The van der Waals surface area contributed by atoms with Crippen molar-refractivity contribution >= 4 is 12.2 Å². The zero-order chi connectivity index (χ0) is 20.9. The highest BCUT2D eigenvalue weighted by Crippen LogP contribution is 2.44. The van der Waals surface area contributed by atoms with Gasteiger partial charge < -0.3 is 14.8 Å². The standard InChI is InChI=1S/C25H22FNO3/c1-29-24-15-17(12-13-23(24)26)7-6-14-27-25(28)30-16-22-20-10-4-2-8-18(20)19-9-3-5-11-21(19)22/h2-13,15,22H,14,16H2,1H3,(H,27,28). The Morgan fingerprint density at radius 2 is 1.70 bits per heavy atom. The number of carbonyl (C=O) groups excluding carboxylic acids is 1. The van der Waals surface area contributed by atoms with E-state index in [1.54, 1.807) is 24.3 Å². The van der Waals surface area contributed by atoms with Crippen molar-refractivity contribution in [2.45, 2.75) is 5.92 Å². The van der Waals surface area contributed by atoms with Crippen LogP contribution in [0.25, 0.3) is 17.2 Å². The third-order valence-electron chi connectivity index (χ3n) is 5.19. The zero-order valence-corrected chi connectivity index (χ0v) is 16.6. The van der Waals surface area contributed by atoms with E-state index in [-0.39, 0.29) is 18.3 Å². The number of rotatable bonds is 6. The average molecular weight is 403 g/mol. The van der Waals surface area contributed by atoms with Gasteiger partial charge in [0.1, 0.15) is 6.61 Å². The first-order chi connectivity index (χ1) is 14.7. The summed E-state index contributed by atoms with van der Waals surface area (Å²) < 4.78 is 23.9. The fourth-order valence-corrected chi connectivity index (χ4v) is 3.77. The summed E-state index contributed by atoms with van der Waals surface area (Å²) >= 11 is 0. The molecule has 0 heterocycles. The highest BCUT2D eigenvalue weighted by atomic mass is 19.1. The van der Waals surface area contributed by atoms with E-state index in [0.29, 0.717) is 6.54 Å². The van der Waals surface area contributed by atoms with Gasteiger partial charge in [-0.05, 0) is 39.9 Å². The third-order valence-corrected chi connectivity index (χ3v) is 5.19. The molecular formula is C25H22FNO3. The molecule has 3 aromatic carbocycles. The van der Waals surface area contributed by atoms with Gasteiger partial charge >= 0.3 is 6.09 Å². The summed E-state index contributed by atoms with van der Waals surface area (Å²) in [6.45, 7) is 0.578. The minimum absolute atomic E-state index is 0.0328. The SMILES string of the molecule is COc1cc(C=CCNC(=O)OCC2c3ccccc3-c3ccccc32)ccc1F. The van der Waals surface area contributed by atoms with Crippen LogP contribution in [0.2, 0.25) is 0 Å². The molecule has 0 saturated carbocycles. The maximum absolute atomic E-state index is 13.4. The summed E-state index contributed by atoms with van der Waals surface area (Å²) in [4.78, 5) is 12.1. The van der Waals surface area contributed by atoms with Gasteiger partial charge in [-0.15, -0.1) is 0 Å². The summed E-state index contributed by atoms with van der Waals surface area (Å²) in [6, 6.07) is 21.0. The van der Waals surface area contributed by atoms with Crippen LogP contribution < -0.4 is 10.1 Å². The van der Waals surface area contributed by atoms with Gasteiger partial charge in [0.05, 0.1) is 7.11 Å². The fourth-order valence-electron chi connectivity index (χ4n) is 3.77. The lowest BCUT2D eigenvalue weighted by Crippen LogP contribution is -2.26. The van der Waals surface area contributed by atoms with Gasteiger partial charge in [-0.25, -0.2) is 9.18 Å². The smallest absolute Gasteiger partial charge is 0.407 e. The van der Waals surface area contributed by atoms with Crippen molar-refractivity contribution in [3.05, 3.63) is 95.3 Å². The molecule has 30 heavy (non-hydrogen) atoms. The fraction of sp³-hybridized carbons (Fsp3) is 0.160. The number of hydrogen-bond donors (Lipinski definition) is 1. The predicted molar refractivity (Wildman–Crippen MR) is 115 cm³/mol. The molecular weight excluding hydrogens is 381 g/mol. The van der Waals surface area contributed by atoms with Crippen molar-refractivity contribution in [2.75, 3.05) is 20.3 Å². The van der Waals surface area contributed by atoms with Gasteiger partial charge in [0.2, 0.25) is 0 Å². The minimum Gasteiger partial charge on any atom is -0.494 e. The van der Waals surface area contributed by atoms with Gasteiger partial charge in [0.25, 0.3) is 0 Å². The summed E-state index contributed by atoms with van der Waals surface area (Å²) in [6.07, 6.45) is 3.08. The molecule has 0 unspecified atom stereocenters. The Morgan fingerprint density at radius 3 is 2.37 bits per heavy atom. The Morgan fingerprint density at radius 1 is 1.03 bits per heavy atom. The topological polar surface area (TPSA) is 47.6 Å². The summed E-state index contributed by atoms with van der Waals surface area (Å²) in [7, 11) is 1.42. The first kappa shape index (κ1) is 19.7. The van der Waals surface area contributed by atoms with Crippen LogP contribution in [0.4, 0.5) is 9.18 Å². The Labute approximate surface area is 175 Å². The molecule has 0 bridgehead atoms. The van der Waals surface area contributed by atoms with Gasteiger partial charge in [-0.1, -0.05) is 66.7 Å². The summed E-state index contributed by atoms with van der Waals surface area (Å²) in [5.74, 6) is -0.196. The van der Waals surface area contributed by atoms with Crippen molar-refractivity contribution in [1.82, 2.24) is 5.32 Å². The number of hydrogen-bond acceptors (Lipinski definition) is 3. The van der Waals surface area contributed by atoms with Gasteiger partial charge in [-0.2, -0.15) is 0 Å². The number of fused-ring (bicyclic) bond motifs is 3. The molecule has 4 nitrogen and oxygen atoms in total. The van der Waals surface area contributed by atoms with Crippen LogP contribution in [0.5, 0.6) is 5.75 Å². The van der Waals surface area contributed by atoms with Crippen molar-refractivity contribution < 1.29 is 18.7 Å². The molecule has 0 saturated heterocycles. The normalized spacial score (nSPS) is 12.5. The van der Waals surface area contributed by atoms with Crippen LogP contribution in [0, 0.1) is 5.82 Å². The zero-order valence-electron chi connectivity index (χ0n) is 16.6. The second-order valence-corrected chi connectivity index (χ2v) is 7.00. The molecule has 0 aliphatic heterocycles. The number of halogens is 1. The number of methoxy groups -OCH3 is 1. The maximum Gasteiger partial charge on any atom is 0.407 e. The number of amides is 1. The van der Waals surface area contributed by atoms with E-state index in [1.807, 2.05) is 24.3 Å². The van der Waals surface area contributed by atoms with Crippen LogP contribution in [-0.2, 0) is 4.74 Å². The Kier molecular flexibility index (Phi) is 5.80. The Balaban J connectivity index is 1.32. The van der Waals surface area contributed by atoms with E-state index in [1.165, 1.54) is 35.4 Å². The molecule has 152 valence electrons. The number of benzene rings is 3. The van der Waals surface area contributed by atoms with Crippen molar-refractivity contribution in [2.24, 2.45) is 0 Å². The van der Waals surface area contributed by atoms with Crippen molar-refractivity contribution in [3.8, 4) is 16.9 Å². The van der Waals surface area contributed by atoms with Crippen LogP contribution >= 0.6 is 0 Å². The first-order valence-electron chi connectivity index (χ1n) is 9.76. The molecule has 0 fully saturated rings. The predicted octanol–water partition coefficient (Wildman–Crippen LogP) is 5.39. The van der Waals surface area contributed by atoms with Gasteiger partial charge in [0, 0.05) is 12.5 Å². The molecule has 3 aromatic rings. The van der Waals surface area contributed by atoms with E-state index in [4.69, 9.17) is 9.47 Å². The van der Waals surface area contributed by atoms with E-state index in [0.717, 1.165) is 5.56 Å². The monoisotopic (exact) mass is 403 g/mol. The molecule has 0 spiro atoms. The molecule has 1 amide bonds. The first-order valence-corrected chi connectivity index (χ1v) is 9.76. The Hall–Kier alpha value is -3.60. The quantitative estimate of drug-likeness (QED) is 0.601. The lowest BCUT2D eigenvalue weighted by atomic mass is 9.98. The van der Waals surface area contributed by atoms with E-state index in [9.17, 15) is 9.18 Å². The number of carbonyl (C=O) groups is 1. The summed E-state index contributed by atoms with van der Waals surface area (Å²) in [5.41, 5.74) is 5.52. The van der Waals surface area contributed by atoms with E-state index < -0.39 is 11.9 Å². The van der Waals surface area contributed by atoms with Crippen molar-refractivity contribution in [3.63, 3.8) is 0 Å². The second kappa shape index (κ2) is 8.82. The molecule has 0 aromatic heterocycles. The molecule has 4 rings (SSSR count). The largest absolute Gasteiger partial charge is 0.494 e.